The smallest absolute Gasteiger partial charge is 0.122 e. The Labute approximate surface area is 115 Å². The van der Waals surface area contributed by atoms with E-state index in [9.17, 15) is 5.26 Å². The molecule has 19 heavy (non-hydrogen) atoms. The molecule has 1 fully saturated rings. The van der Waals surface area contributed by atoms with Crippen molar-refractivity contribution in [2.75, 3.05) is 0 Å². The van der Waals surface area contributed by atoms with Gasteiger partial charge in [-0.1, -0.05) is 18.2 Å². The average molecular weight is 258 g/mol. The number of benzene rings is 1. The summed E-state index contributed by atoms with van der Waals surface area (Å²) in [7, 11) is 0. The first kappa shape index (κ1) is 13.9. The molecule has 0 aliphatic heterocycles. The topological polar surface area (TPSA) is 45.0 Å². The zero-order chi connectivity index (χ0) is 13.9. The van der Waals surface area contributed by atoms with Gasteiger partial charge in [-0.25, -0.2) is 0 Å². The summed E-state index contributed by atoms with van der Waals surface area (Å²) < 4.78 is 5.95. The van der Waals surface area contributed by atoms with E-state index in [4.69, 9.17) is 4.74 Å². The minimum Gasteiger partial charge on any atom is -0.490 e. The van der Waals surface area contributed by atoms with Crippen molar-refractivity contribution in [3.8, 4) is 11.8 Å². The molecule has 2 atom stereocenters. The van der Waals surface area contributed by atoms with E-state index >= 15 is 0 Å². The number of para-hydroxylation sites is 1. The van der Waals surface area contributed by atoms with E-state index in [0.717, 1.165) is 11.3 Å². The van der Waals surface area contributed by atoms with E-state index in [1.54, 1.807) is 0 Å². The fraction of sp³-hybridized carbons (Fsp3) is 0.562. The van der Waals surface area contributed by atoms with Gasteiger partial charge in [-0.15, -0.1) is 0 Å². The molecule has 0 bridgehead atoms. The summed E-state index contributed by atoms with van der Waals surface area (Å²) in [6.45, 7) is 6.02. The van der Waals surface area contributed by atoms with Gasteiger partial charge < -0.3 is 4.74 Å². The van der Waals surface area contributed by atoms with Gasteiger partial charge in [-0.2, -0.15) is 5.26 Å². The third kappa shape index (κ3) is 3.97. The molecule has 1 aromatic carbocycles. The second-order valence-corrected chi connectivity index (χ2v) is 5.76. The number of hydrogen-bond donors (Lipinski definition) is 1. The van der Waals surface area contributed by atoms with Crippen LogP contribution in [0.2, 0.25) is 0 Å². The van der Waals surface area contributed by atoms with Crippen molar-refractivity contribution < 1.29 is 4.74 Å². The standard InChI is InChI=1S/C16H22N2O/c1-12-6-4-5-7-15(12)19-13(2)10-16(3,11-17)18-14-8-9-14/h4-7,13-14,18H,8-10H2,1-3H3. The minimum absolute atomic E-state index is 0.0111. The van der Waals surface area contributed by atoms with Crippen molar-refractivity contribution >= 4 is 0 Å². The van der Waals surface area contributed by atoms with Crippen LogP contribution < -0.4 is 10.1 Å². The molecule has 0 radical (unpaired) electrons. The molecule has 2 unspecified atom stereocenters. The van der Waals surface area contributed by atoms with Gasteiger partial charge in [0.15, 0.2) is 0 Å². The zero-order valence-electron chi connectivity index (χ0n) is 11.9. The monoisotopic (exact) mass is 258 g/mol. The molecule has 1 saturated carbocycles. The van der Waals surface area contributed by atoms with Crippen molar-refractivity contribution in [2.45, 2.75) is 57.7 Å². The maximum atomic E-state index is 9.36. The Morgan fingerprint density at radius 1 is 1.47 bits per heavy atom. The van der Waals surface area contributed by atoms with Crippen molar-refractivity contribution in [3.05, 3.63) is 29.8 Å². The Hall–Kier alpha value is -1.53. The third-order valence-electron chi connectivity index (χ3n) is 3.46. The Kier molecular flexibility index (Phi) is 4.11. The maximum Gasteiger partial charge on any atom is 0.122 e. The SMILES string of the molecule is Cc1ccccc1OC(C)CC(C)(C#N)NC1CC1. The van der Waals surface area contributed by atoms with Gasteiger partial charge in [0.25, 0.3) is 0 Å². The van der Waals surface area contributed by atoms with E-state index < -0.39 is 5.54 Å². The summed E-state index contributed by atoms with van der Waals surface area (Å²) in [5, 5.41) is 12.8. The van der Waals surface area contributed by atoms with Crippen LogP contribution in [0.3, 0.4) is 0 Å². The normalized spacial score (nSPS) is 19.3. The van der Waals surface area contributed by atoms with E-state index in [2.05, 4.69) is 11.4 Å². The summed E-state index contributed by atoms with van der Waals surface area (Å²) in [4.78, 5) is 0. The van der Waals surface area contributed by atoms with Gasteiger partial charge >= 0.3 is 0 Å². The molecule has 0 heterocycles. The third-order valence-corrected chi connectivity index (χ3v) is 3.46. The van der Waals surface area contributed by atoms with Gasteiger partial charge in [-0.3, -0.25) is 5.32 Å². The highest BCUT2D eigenvalue weighted by molar-refractivity contribution is 5.32. The predicted molar refractivity (Wildman–Crippen MR) is 76.1 cm³/mol. The van der Waals surface area contributed by atoms with Crippen molar-refractivity contribution in [1.29, 1.82) is 5.26 Å². The number of hydrogen-bond acceptors (Lipinski definition) is 3. The van der Waals surface area contributed by atoms with Gasteiger partial charge in [0.1, 0.15) is 11.3 Å². The lowest BCUT2D eigenvalue weighted by Crippen LogP contribution is -2.45. The van der Waals surface area contributed by atoms with Gasteiger partial charge in [0.2, 0.25) is 0 Å². The Morgan fingerprint density at radius 3 is 2.74 bits per heavy atom. The summed E-state index contributed by atoms with van der Waals surface area (Å²) in [6, 6.07) is 10.9. The molecular weight excluding hydrogens is 236 g/mol. The average Bonchev–Trinajstić information content (AvgIpc) is 3.15. The molecule has 0 saturated heterocycles. The molecule has 1 aromatic rings. The quantitative estimate of drug-likeness (QED) is 0.852. The Bertz CT molecular complexity index is 476. The summed E-state index contributed by atoms with van der Waals surface area (Å²) in [5.41, 5.74) is 0.631. The maximum absolute atomic E-state index is 9.36. The molecular formula is C16H22N2O. The summed E-state index contributed by atoms with van der Waals surface area (Å²) in [5.74, 6) is 0.904. The predicted octanol–water partition coefficient (Wildman–Crippen LogP) is 3.19. The number of nitriles is 1. The highest BCUT2D eigenvalue weighted by Crippen LogP contribution is 2.26. The van der Waals surface area contributed by atoms with E-state index in [1.807, 2.05) is 45.0 Å². The van der Waals surface area contributed by atoms with Gasteiger partial charge in [0, 0.05) is 12.5 Å². The number of nitrogens with one attached hydrogen (secondary N) is 1. The van der Waals surface area contributed by atoms with E-state index in [-0.39, 0.29) is 6.10 Å². The van der Waals surface area contributed by atoms with Crippen LogP contribution in [0.5, 0.6) is 5.75 Å². The Balaban J connectivity index is 1.94. The first-order valence-electron chi connectivity index (χ1n) is 6.94. The Morgan fingerprint density at radius 2 is 2.16 bits per heavy atom. The van der Waals surface area contributed by atoms with Gasteiger partial charge in [0.05, 0.1) is 12.2 Å². The van der Waals surface area contributed by atoms with Crippen molar-refractivity contribution in [2.24, 2.45) is 0 Å². The van der Waals surface area contributed by atoms with E-state index in [1.165, 1.54) is 12.8 Å². The van der Waals surface area contributed by atoms with Crippen LogP contribution in [0.4, 0.5) is 0 Å². The van der Waals surface area contributed by atoms with Gasteiger partial charge in [-0.05, 0) is 45.2 Å². The van der Waals surface area contributed by atoms with Crippen LogP contribution in [0, 0.1) is 18.3 Å². The number of aryl methyl sites for hydroxylation is 1. The highest BCUT2D eigenvalue weighted by Gasteiger charge is 2.34. The second-order valence-electron chi connectivity index (χ2n) is 5.76. The molecule has 1 aliphatic rings. The molecule has 1 N–H and O–H groups in total. The highest BCUT2D eigenvalue weighted by atomic mass is 16.5. The minimum atomic E-state index is -0.497. The van der Waals surface area contributed by atoms with Crippen LogP contribution in [0.15, 0.2) is 24.3 Å². The van der Waals surface area contributed by atoms with Crippen LogP contribution in [-0.4, -0.2) is 17.7 Å². The van der Waals surface area contributed by atoms with E-state index in [0.29, 0.717) is 12.5 Å². The number of ether oxygens (including phenoxy) is 1. The first-order chi connectivity index (χ1) is 9.02. The van der Waals surface area contributed by atoms with Crippen LogP contribution in [-0.2, 0) is 0 Å². The molecule has 0 spiro atoms. The molecule has 102 valence electrons. The van der Waals surface area contributed by atoms with Crippen LogP contribution in [0.25, 0.3) is 0 Å². The van der Waals surface area contributed by atoms with Crippen LogP contribution >= 0.6 is 0 Å². The fourth-order valence-electron chi connectivity index (χ4n) is 2.34. The molecule has 0 amide bonds. The lowest BCUT2D eigenvalue weighted by Gasteiger charge is -2.27. The second kappa shape index (κ2) is 5.63. The van der Waals surface area contributed by atoms with Crippen LogP contribution in [0.1, 0.15) is 38.7 Å². The molecule has 3 nitrogen and oxygen atoms in total. The molecule has 3 heteroatoms. The molecule has 0 aromatic heterocycles. The molecule has 2 rings (SSSR count). The lowest BCUT2D eigenvalue weighted by atomic mass is 9.96. The number of nitrogens with zero attached hydrogens (tertiary/aromatic N) is 1. The largest absolute Gasteiger partial charge is 0.490 e. The van der Waals surface area contributed by atoms with Crippen molar-refractivity contribution in [1.82, 2.24) is 5.32 Å². The summed E-state index contributed by atoms with van der Waals surface area (Å²) in [6.07, 6.45) is 3.07. The number of rotatable bonds is 6. The fourth-order valence-corrected chi connectivity index (χ4v) is 2.34. The summed E-state index contributed by atoms with van der Waals surface area (Å²) >= 11 is 0. The first-order valence-corrected chi connectivity index (χ1v) is 6.94. The zero-order valence-corrected chi connectivity index (χ0v) is 11.9. The lowest BCUT2D eigenvalue weighted by molar-refractivity contribution is 0.178. The molecule has 1 aliphatic carbocycles. The van der Waals surface area contributed by atoms with Crippen molar-refractivity contribution in [3.63, 3.8) is 0 Å².